The average Bonchev–Trinajstić information content (AvgIpc) is 2.75. The van der Waals surface area contributed by atoms with E-state index in [1.165, 1.54) is 53.6 Å². The standard InChI is InChI=1S/C15H22N2S/c1-3-4-5-6-9-18-17-13-7-8-15-14(10-13)12(2)11-16-15/h7-8,10-11,16-17H,3-6,9H2,1-2H3. The molecule has 98 valence electrons. The summed E-state index contributed by atoms with van der Waals surface area (Å²) >= 11 is 1.81. The van der Waals surface area contributed by atoms with Gasteiger partial charge >= 0.3 is 0 Å². The molecule has 2 N–H and O–H groups in total. The minimum absolute atomic E-state index is 1.18. The fraction of sp³-hybridized carbons (Fsp3) is 0.467. The summed E-state index contributed by atoms with van der Waals surface area (Å²) in [6.45, 7) is 4.39. The number of hydrogen-bond acceptors (Lipinski definition) is 2. The van der Waals surface area contributed by atoms with Gasteiger partial charge in [-0.25, -0.2) is 0 Å². The van der Waals surface area contributed by atoms with Gasteiger partial charge in [0, 0.05) is 28.5 Å². The third-order valence-corrected chi connectivity index (χ3v) is 4.05. The predicted octanol–water partition coefficient (Wildman–Crippen LogP) is 5.12. The van der Waals surface area contributed by atoms with E-state index in [1.807, 2.05) is 11.9 Å². The van der Waals surface area contributed by atoms with Crippen LogP contribution in [0.3, 0.4) is 0 Å². The molecule has 2 rings (SSSR count). The Kier molecular flexibility index (Phi) is 5.00. The molecular formula is C15H22N2S. The van der Waals surface area contributed by atoms with E-state index in [-0.39, 0.29) is 0 Å². The summed E-state index contributed by atoms with van der Waals surface area (Å²) in [7, 11) is 0. The molecule has 1 aromatic carbocycles. The van der Waals surface area contributed by atoms with Crippen molar-refractivity contribution >= 4 is 28.5 Å². The SMILES string of the molecule is CCCCCCSNc1ccc2[nH]cc(C)c2c1. The minimum atomic E-state index is 1.18. The summed E-state index contributed by atoms with van der Waals surface area (Å²) in [4.78, 5) is 3.27. The van der Waals surface area contributed by atoms with Crippen molar-refractivity contribution in [2.24, 2.45) is 0 Å². The highest BCUT2D eigenvalue weighted by Crippen LogP contribution is 2.23. The van der Waals surface area contributed by atoms with Crippen molar-refractivity contribution in [3.05, 3.63) is 30.0 Å². The molecule has 0 saturated carbocycles. The van der Waals surface area contributed by atoms with Crippen molar-refractivity contribution < 1.29 is 0 Å². The van der Waals surface area contributed by atoms with Gasteiger partial charge in [-0.3, -0.25) is 0 Å². The Labute approximate surface area is 114 Å². The van der Waals surface area contributed by atoms with Crippen LogP contribution >= 0.6 is 11.9 Å². The van der Waals surface area contributed by atoms with Gasteiger partial charge in [-0.15, -0.1) is 0 Å². The van der Waals surface area contributed by atoms with Crippen LogP contribution in [-0.4, -0.2) is 10.7 Å². The van der Waals surface area contributed by atoms with E-state index in [1.54, 1.807) is 0 Å². The van der Waals surface area contributed by atoms with Gasteiger partial charge < -0.3 is 9.71 Å². The first kappa shape index (κ1) is 13.3. The van der Waals surface area contributed by atoms with Crippen LogP contribution in [0.1, 0.15) is 38.2 Å². The summed E-state index contributed by atoms with van der Waals surface area (Å²) in [6, 6.07) is 6.50. The maximum atomic E-state index is 3.43. The molecule has 1 heterocycles. The Morgan fingerprint density at radius 2 is 2.11 bits per heavy atom. The van der Waals surface area contributed by atoms with E-state index in [0.29, 0.717) is 0 Å². The van der Waals surface area contributed by atoms with Crippen molar-refractivity contribution in [1.82, 2.24) is 4.98 Å². The Morgan fingerprint density at radius 1 is 1.22 bits per heavy atom. The Morgan fingerprint density at radius 3 is 2.94 bits per heavy atom. The molecule has 0 aliphatic carbocycles. The molecule has 0 aliphatic rings. The summed E-state index contributed by atoms with van der Waals surface area (Å²) in [6.07, 6.45) is 7.38. The Hall–Kier alpha value is -1.09. The summed E-state index contributed by atoms with van der Waals surface area (Å²) in [5.74, 6) is 1.18. The van der Waals surface area contributed by atoms with Crippen molar-refractivity contribution in [2.45, 2.75) is 39.5 Å². The molecule has 0 aliphatic heterocycles. The van der Waals surface area contributed by atoms with E-state index < -0.39 is 0 Å². The molecule has 0 atom stereocenters. The molecule has 0 saturated heterocycles. The second kappa shape index (κ2) is 6.74. The molecule has 3 heteroatoms. The van der Waals surface area contributed by atoms with Gasteiger partial charge in [0.25, 0.3) is 0 Å². The van der Waals surface area contributed by atoms with Gasteiger partial charge in [0.15, 0.2) is 0 Å². The zero-order valence-electron chi connectivity index (χ0n) is 11.3. The van der Waals surface area contributed by atoms with E-state index in [4.69, 9.17) is 0 Å². The lowest BCUT2D eigenvalue weighted by atomic mass is 10.2. The van der Waals surface area contributed by atoms with E-state index in [9.17, 15) is 0 Å². The first-order chi connectivity index (χ1) is 8.81. The molecule has 0 amide bonds. The quantitative estimate of drug-likeness (QED) is 0.535. The topological polar surface area (TPSA) is 27.8 Å². The normalized spacial score (nSPS) is 11.0. The lowest BCUT2D eigenvalue weighted by Gasteiger charge is -2.05. The fourth-order valence-corrected chi connectivity index (χ4v) is 2.80. The van der Waals surface area contributed by atoms with Crippen molar-refractivity contribution in [3.8, 4) is 0 Å². The van der Waals surface area contributed by atoms with Gasteiger partial charge in [-0.2, -0.15) is 0 Å². The summed E-state index contributed by atoms with van der Waals surface area (Å²) < 4.78 is 3.43. The number of aromatic amines is 1. The van der Waals surface area contributed by atoms with Gasteiger partial charge in [-0.1, -0.05) is 38.1 Å². The summed E-state index contributed by atoms with van der Waals surface area (Å²) in [5.41, 5.74) is 3.72. The minimum Gasteiger partial charge on any atom is -0.361 e. The first-order valence-corrected chi connectivity index (χ1v) is 7.75. The summed E-state index contributed by atoms with van der Waals surface area (Å²) in [5, 5.41) is 1.31. The predicted molar refractivity (Wildman–Crippen MR) is 83.3 cm³/mol. The van der Waals surface area contributed by atoms with Crippen LogP contribution in [0, 0.1) is 6.92 Å². The zero-order valence-corrected chi connectivity index (χ0v) is 12.1. The maximum absolute atomic E-state index is 3.43. The lowest BCUT2D eigenvalue weighted by Crippen LogP contribution is -1.90. The first-order valence-electron chi connectivity index (χ1n) is 6.77. The monoisotopic (exact) mass is 262 g/mol. The maximum Gasteiger partial charge on any atom is 0.0458 e. The van der Waals surface area contributed by atoms with E-state index in [2.05, 4.69) is 47.9 Å². The van der Waals surface area contributed by atoms with Gasteiger partial charge in [0.05, 0.1) is 0 Å². The molecular weight excluding hydrogens is 240 g/mol. The molecule has 0 bridgehead atoms. The lowest BCUT2D eigenvalue weighted by molar-refractivity contribution is 0.707. The zero-order chi connectivity index (χ0) is 12.8. The number of hydrogen-bond donors (Lipinski definition) is 2. The van der Waals surface area contributed by atoms with Crippen molar-refractivity contribution in [2.75, 3.05) is 10.5 Å². The van der Waals surface area contributed by atoms with Gasteiger partial charge in [0.1, 0.15) is 0 Å². The number of aromatic nitrogens is 1. The van der Waals surface area contributed by atoms with Crippen LogP contribution in [0.5, 0.6) is 0 Å². The highest BCUT2D eigenvalue weighted by molar-refractivity contribution is 8.00. The number of nitrogens with one attached hydrogen (secondary N) is 2. The van der Waals surface area contributed by atoms with Crippen molar-refractivity contribution in [1.29, 1.82) is 0 Å². The molecule has 2 aromatic rings. The van der Waals surface area contributed by atoms with Crippen LogP contribution < -0.4 is 4.72 Å². The van der Waals surface area contributed by atoms with E-state index >= 15 is 0 Å². The van der Waals surface area contributed by atoms with Crippen LogP contribution in [0.15, 0.2) is 24.4 Å². The highest BCUT2D eigenvalue weighted by atomic mass is 32.2. The smallest absolute Gasteiger partial charge is 0.0458 e. The number of rotatable bonds is 7. The number of H-pyrrole nitrogens is 1. The van der Waals surface area contributed by atoms with Crippen LogP contribution in [0.2, 0.25) is 0 Å². The second-order valence-corrected chi connectivity index (χ2v) is 5.64. The van der Waals surface area contributed by atoms with Gasteiger partial charge in [-0.05, 0) is 37.1 Å². The van der Waals surface area contributed by atoms with Crippen LogP contribution in [0.4, 0.5) is 5.69 Å². The van der Waals surface area contributed by atoms with E-state index in [0.717, 1.165) is 0 Å². The molecule has 1 aromatic heterocycles. The third kappa shape index (κ3) is 3.45. The Balaban J connectivity index is 1.82. The molecule has 0 unspecified atom stereocenters. The van der Waals surface area contributed by atoms with Crippen LogP contribution in [-0.2, 0) is 0 Å². The molecule has 0 radical (unpaired) electrons. The molecule has 0 fully saturated rings. The average molecular weight is 262 g/mol. The number of fused-ring (bicyclic) bond motifs is 1. The Bertz CT molecular complexity index is 490. The molecule has 0 spiro atoms. The number of unbranched alkanes of at least 4 members (excludes halogenated alkanes) is 3. The van der Waals surface area contributed by atoms with Crippen molar-refractivity contribution in [3.63, 3.8) is 0 Å². The molecule has 2 nitrogen and oxygen atoms in total. The second-order valence-electron chi connectivity index (χ2n) is 4.74. The van der Waals surface area contributed by atoms with Crippen LogP contribution in [0.25, 0.3) is 10.9 Å². The number of aryl methyl sites for hydroxylation is 1. The number of anilines is 1. The van der Waals surface area contributed by atoms with Gasteiger partial charge in [0.2, 0.25) is 0 Å². The highest BCUT2D eigenvalue weighted by Gasteiger charge is 2.00. The fourth-order valence-electron chi connectivity index (χ4n) is 2.06. The number of benzene rings is 1. The molecule has 18 heavy (non-hydrogen) atoms. The largest absolute Gasteiger partial charge is 0.361 e. The third-order valence-electron chi connectivity index (χ3n) is 3.18.